The van der Waals surface area contributed by atoms with Crippen molar-refractivity contribution in [2.45, 2.75) is 0 Å². The predicted molar refractivity (Wildman–Crippen MR) is 115 cm³/mol. The first-order chi connectivity index (χ1) is 15.0. The maximum atomic E-state index is 12.6. The highest BCUT2D eigenvalue weighted by atomic mass is 35.5. The van der Waals surface area contributed by atoms with Crippen molar-refractivity contribution >= 4 is 81.5 Å². The summed E-state index contributed by atoms with van der Waals surface area (Å²) in [4.78, 5) is 59.8. The molecule has 1 aliphatic heterocycles. The van der Waals surface area contributed by atoms with Gasteiger partial charge in [0.2, 0.25) is 0 Å². The monoisotopic (exact) mass is 519 g/mol. The molecular formula is C18H9Cl4N3O7. The van der Waals surface area contributed by atoms with Crippen LogP contribution in [-0.2, 0) is 14.3 Å². The van der Waals surface area contributed by atoms with Crippen molar-refractivity contribution < 1.29 is 28.8 Å². The Morgan fingerprint density at radius 2 is 1.56 bits per heavy atom. The molecule has 0 atom stereocenters. The summed E-state index contributed by atoms with van der Waals surface area (Å²) in [5, 5.41) is 12.1. The van der Waals surface area contributed by atoms with Crippen LogP contribution >= 0.6 is 46.4 Å². The maximum Gasteiger partial charge on any atom is 0.326 e. The summed E-state index contributed by atoms with van der Waals surface area (Å²) in [7, 11) is 0. The number of halogens is 4. The Balaban J connectivity index is 1.64. The molecule has 1 N–H and O–H groups in total. The molecule has 2 aromatic carbocycles. The summed E-state index contributed by atoms with van der Waals surface area (Å²) in [6.45, 7) is -1.61. The fourth-order valence-electron chi connectivity index (χ4n) is 2.75. The number of nitrogens with one attached hydrogen (secondary N) is 1. The van der Waals surface area contributed by atoms with E-state index in [2.05, 4.69) is 5.32 Å². The molecule has 0 saturated heterocycles. The first kappa shape index (κ1) is 23.7. The summed E-state index contributed by atoms with van der Waals surface area (Å²) >= 11 is 23.8. The van der Waals surface area contributed by atoms with Gasteiger partial charge >= 0.3 is 5.97 Å². The van der Waals surface area contributed by atoms with Crippen molar-refractivity contribution in [3.8, 4) is 0 Å². The van der Waals surface area contributed by atoms with Crippen LogP contribution in [0.25, 0.3) is 0 Å². The van der Waals surface area contributed by atoms with Crippen LogP contribution in [0.15, 0.2) is 24.3 Å². The highest BCUT2D eigenvalue weighted by Crippen LogP contribution is 2.44. The van der Waals surface area contributed by atoms with Crippen molar-refractivity contribution in [2.24, 2.45) is 0 Å². The zero-order chi connectivity index (χ0) is 23.7. The molecule has 3 amide bonds. The Kier molecular flexibility index (Phi) is 6.89. The zero-order valence-electron chi connectivity index (χ0n) is 15.5. The van der Waals surface area contributed by atoms with Crippen LogP contribution in [0.5, 0.6) is 0 Å². The third kappa shape index (κ3) is 4.49. The number of ether oxygens (including phenoxy) is 1. The second-order valence-corrected chi connectivity index (χ2v) is 7.73. The minimum Gasteiger partial charge on any atom is -0.454 e. The van der Waals surface area contributed by atoms with E-state index in [0.29, 0.717) is 4.90 Å². The number of non-ortho nitro benzene ring substituents is 1. The molecule has 0 aromatic heterocycles. The Hall–Kier alpha value is -2.92. The smallest absolute Gasteiger partial charge is 0.326 e. The Bertz CT molecular complexity index is 1150. The van der Waals surface area contributed by atoms with Gasteiger partial charge in [-0.25, -0.2) is 0 Å². The van der Waals surface area contributed by atoms with E-state index >= 15 is 0 Å². The van der Waals surface area contributed by atoms with Gasteiger partial charge < -0.3 is 10.1 Å². The molecule has 0 aliphatic carbocycles. The lowest BCUT2D eigenvalue weighted by Gasteiger charge is -2.13. The highest BCUT2D eigenvalue weighted by molar-refractivity contribution is 6.55. The maximum absolute atomic E-state index is 12.6. The number of carbonyl (C=O) groups is 4. The first-order valence-corrected chi connectivity index (χ1v) is 9.96. The lowest BCUT2D eigenvalue weighted by atomic mass is 10.1. The lowest BCUT2D eigenvalue weighted by molar-refractivity contribution is -0.384. The minimum atomic E-state index is -1.09. The molecule has 166 valence electrons. The molecule has 14 heteroatoms. The van der Waals surface area contributed by atoms with Crippen LogP contribution in [0.2, 0.25) is 20.1 Å². The number of imide groups is 1. The van der Waals surface area contributed by atoms with Crippen LogP contribution in [0.3, 0.4) is 0 Å². The van der Waals surface area contributed by atoms with Gasteiger partial charge in [0, 0.05) is 17.8 Å². The van der Waals surface area contributed by atoms with Crippen LogP contribution < -0.4 is 5.32 Å². The summed E-state index contributed by atoms with van der Waals surface area (Å²) in [6.07, 6.45) is 0. The van der Waals surface area contributed by atoms with Gasteiger partial charge in [0.05, 0.1) is 36.1 Å². The first-order valence-electron chi connectivity index (χ1n) is 8.45. The number of nitro benzene ring substituents is 1. The van der Waals surface area contributed by atoms with Crippen LogP contribution in [-0.4, -0.2) is 46.7 Å². The van der Waals surface area contributed by atoms with E-state index in [-0.39, 0.29) is 42.6 Å². The van der Waals surface area contributed by atoms with Crippen LogP contribution in [0, 0.1) is 10.1 Å². The number of rotatable bonds is 6. The molecule has 32 heavy (non-hydrogen) atoms. The number of nitro groups is 1. The van der Waals surface area contributed by atoms with E-state index in [4.69, 9.17) is 51.1 Å². The second-order valence-electron chi connectivity index (χ2n) is 6.22. The minimum absolute atomic E-state index is 0.110. The molecule has 0 saturated carbocycles. The van der Waals surface area contributed by atoms with Crippen LogP contribution in [0.1, 0.15) is 20.7 Å². The van der Waals surface area contributed by atoms with E-state index < -0.39 is 41.8 Å². The Labute approximate surface area is 199 Å². The summed E-state index contributed by atoms with van der Waals surface area (Å²) < 4.78 is 4.77. The molecule has 0 bridgehead atoms. The standard InChI is InChI=1S/C18H9Cl4N3O7/c19-13-11-12(14(20)16(22)15(13)21)18(29)24(17(11)28)5-10(27)32-6-9(26)23-7-2-1-3-8(4-7)25(30)31/h1-4H,5-6H2,(H,23,26). The topological polar surface area (TPSA) is 136 Å². The molecule has 0 spiro atoms. The number of benzene rings is 2. The third-order valence-corrected chi connectivity index (χ3v) is 5.98. The molecule has 0 radical (unpaired) electrons. The quantitative estimate of drug-likeness (QED) is 0.152. The SMILES string of the molecule is O=C(COC(=O)CN1C(=O)c2c(Cl)c(Cl)c(Cl)c(Cl)c2C1=O)Nc1cccc([N+](=O)[O-])c1. The van der Waals surface area contributed by atoms with Gasteiger partial charge in [0.15, 0.2) is 6.61 Å². The molecule has 1 aliphatic rings. The van der Waals surface area contributed by atoms with E-state index in [1.165, 1.54) is 18.2 Å². The lowest BCUT2D eigenvalue weighted by Crippen LogP contribution is -2.36. The number of hydrogen-bond donors (Lipinski definition) is 1. The van der Waals surface area contributed by atoms with E-state index in [9.17, 15) is 29.3 Å². The molecule has 1 heterocycles. The van der Waals surface area contributed by atoms with E-state index in [0.717, 1.165) is 6.07 Å². The summed E-state index contributed by atoms with van der Waals surface area (Å²) in [6, 6.07) is 5.10. The van der Waals surface area contributed by atoms with Gasteiger partial charge in [-0.2, -0.15) is 0 Å². The Morgan fingerprint density at radius 3 is 2.09 bits per heavy atom. The Morgan fingerprint density at radius 1 is 1.00 bits per heavy atom. The second kappa shape index (κ2) is 9.29. The average Bonchev–Trinajstić information content (AvgIpc) is 2.99. The van der Waals surface area contributed by atoms with Gasteiger partial charge in [0.1, 0.15) is 6.54 Å². The van der Waals surface area contributed by atoms with Crippen LogP contribution in [0.4, 0.5) is 11.4 Å². The summed E-state index contributed by atoms with van der Waals surface area (Å²) in [5.74, 6) is -3.76. The zero-order valence-corrected chi connectivity index (χ0v) is 18.5. The third-order valence-electron chi connectivity index (χ3n) is 4.18. The molecule has 3 rings (SSSR count). The molecular weight excluding hydrogens is 512 g/mol. The fourth-order valence-corrected chi connectivity index (χ4v) is 3.77. The van der Waals surface area contributed by atoms with Gasteiger partial charge in [-0.3, -0.25) is 34.2 Å². The summed E-state index contributed by atoms with van der Waals surface area (Å²) in [5.41, 5.74) is -0.735. The number of nitrogens with zero attached hydrogens (tertiary/aromatic N) is 2. The van der Waals surface area contributed by atoms with Gasteiger partial charge in [-0.15, -0.1) is 0 Å². The largest absolute Gasteiger partial charge is 0.454 e. The van der Waals surface area contributed by atoms with Crippen molar-refractivity contribution in [3.63, 3.8) is 0 Å². The number of fused-ring (bicyclic) bond motifs is 1. The number of carbonyl (C=O) groups excluding carboxylic acids is 4. The average molecular weight is 521 g/mol. The van der Waals surface area contributed by atoms with E-state index in [1.54, 1.807) is 0 Å². The normalized spacial score (nSPS) is 12.6. The number of esters is 1. The molecule has 2 aromatic rings. The van der Waals surface area contributed by atoms with Gasteiger partial charge in [0.25, 0.3) is 23.4 Å². The van der Waals surface area contributed by atoms with Crippen molar-refractivity contribution in [1.82, 2.24) is 4.90 Å². The number of amides is 3. The van der Waals surface area contributed by atoms with Crippen molar-refractivity contribution in [2.75, 3.05) is 18.5 Å². The van der Waals surface area contributed by atoms with Gasteiger partial charge in [-0.1, -0.05) is 52.5 Å². The molecule has 0 fully saturated rings. The molecule has 10 nitrogen and oxygen atoms in total. The number of hydrogen-bond acceptors (Lipinski definition) is 7. The number of anilines is 1. The molecule has 0 unspecified atom stereocenters. The predicted octanol–water partition coefficient (Wildman–Crippen LogP) is 3.99. The van der Waals surface area contributed by atoms with Gasteiger partial charge in [-0.05, 0) is 6.07 Å². The van der Waals surface area contributed by atoms with E-state index in [1.807, 2.05) is 0 Å². The highest BCUT2D eigenvalue weighted by Gasteiger charge is 2.42. The van der Waals surface area contributed by atoms with Crippen molar-refractivity contribution in [3.05, 3.63) is 65.6 Å². The van der Waals surface area contributed by atoms with Crippen molar-refractivity contribution in [1.29, 1.82) is 0 Å². The fraction of sp³-hybridized carbons (Fsp3) is 0.111.